The van der Waals surface area contributed by atoms with Crippen LogP contribution in [0.25, 0.3) is 11.4 Å². The molecule has 1 heterocycles. The Kier molecular flexibility index (Phi) is 5.87. The zero-order valence-electron chi connectivity index (χ0n) is 14.9. The molecule has 2 amide bonds. The first kappa shape index (κ1) is 18.7. The van der Waals surface area contributed by atoms with Gasteiger partial charge >= 0.3 is 0 Å². The Balaban J connectivity index is 1.52. The van der Waals surface area contributed by atoms with E-state index < -0.39 is 0 Å². The molecule has 0 aliphatic carbocycles. The molecule has 3 aromatic rings. The van der Waals surface area contributed by atoms with Gasteiger partial charge in [-0.05, 0) is 31.2 Å². The molecule has 27 heavy (non-hydrogen) atoms. The zero-order valence-corrected chi connectivity index (χ0v) is 15.8. The molecule has 2 aromatic carbocycles. The number of aromatic amines is 1. The third kappa shape index (κ3) is 5.42. The van der Waals surface area contributed by atoms with E-state index in [0.29, 0.717) is 22.4 Å². The number of aromatic nitrogens is 3. The van der Waals surface area contributed by atoms with Crippen LogP contribution in [0.1, 0.15) is 12.5 Å². The number of carbonyl (C=O) groups excluding carboxylic acids is 2. The number of nitrogens with one attached hydrogen (secondary N) is 3. The Bertz CT molecular complexity index is 935. The highest BCUT2D eigenvalue weighted by Crippen LogP contribution is 2.20. The molecule has 0 aliphatic heterocycles. The van der Waals surface area contributed by atoms with Crippen LogP contribution in [0, 0.1) is 6.92 Å². The fourth-order valence-corrected chi connectivity index (χ4v) is 2.92. The molecule has 0 fully saturated rings. The number of amides is 2. The number of H-pyrrole nitrogens is 1. The predicted octanol–water partition coefficient (Wildman–Crippen LogP) is 3.47. The Hall–Kier alpha value is -3.13. The summed E-state index contributed by atoms with van der Waals surface area (Å²) in [6, 6.07) is 14.9. The molecule has 3 rings (SSSR count). The first-order chi connectivity index (χ1) is 13.0. The third-order valence-corrected chi connectivity index (χ3v) is 4.46. The van der Waals surface area contributed by atoms with Crippen LogP contribution >= 0.6 is 11.8 Å². The Labute approximate surface area is 161 Å². The van der Waals surface area contributed by atoms with E-state index in [1.165, 1.54) is 24.2 Å². The number of benzene rings is 2. The number of hydrogen-bond acceptors (Lipinski definition) is 5. The lowest BCUT2D eigenvalue weighted by atomic mass is 10.1. The maximum absolute atomic E-state index is 12.1. The fourth-order valence-electron chi connectivity index (χ4n) is 2.32. The van der Waals surface area contributed by atoms with E-state index in [2.05, 4.69) is 25.8 Å². The Morgan fingerprint density at radius 1 is 1.00 bits per heavy atom. The summed E-state index contributed by atoms with van der Waals surface area (Å²) in [6.07, 6.45) is 0. The van der Waals surface area contributed by atoms with Crippen LogP contribution in [-0.2, 0) is 9.59 Å². The van der Waals surface area contributed by atoms with Crippen molar-refractivity contribution in [3.05, 3.63) is 54.1 Å². The minimum Gasteiger partial charge on any atom is -0.326 e. The lowest BCUT2D eigenvalue weighted by Gasteiger charge is -2.06. The quantitative estimate of drug-likeness (QED) is 0.568. The first-order valence-electron chi connectivity index (χ1n) is 8.29. The van der Waals surface area contributed by atoms with Crippen LogP contribution in [0.5, 0.6) is 0 Å². The molecule has 0 unspecified atom stereocenters. The summed E-state index contributed by atoms with van der Waals surface area (Å²) in [4.78, 5) is 27.5. The molecule has 138 valence electrons. The van der Waals surface area contributed by atoms with E-state index in [9.17, 15) is 9.59 Å². The fraction of sp³-hybridized carbons (Fsp3) is 0.158. The Morgan fingerprint density at radius 3 is 2.26 bits per heavy atom. The van der Waals surface area contributed by atoms with Crippen LogP contribution in [-0.4, -0.2) is 32.7 Å². The molecule has 0 radical (unpaired) electrons. The number of aryl methyl sites for hydroxylation is 1. The van der Waals surface area contributed by atoms with Gasteiger partial charge in [0.25, 0.3) is 0 Å². The van der Waals surface area contributed by atoms with E-state index in [0.717, 1.165) is 5.56 Å². The molecular formula is C19H19N5O2S. The summed E-state index contributed by atoms with van der Waals surface area (Å²) in [6.45, 7) is 3.47. The molecule has 3 N–H and O–H groups in total. The van der Waals surface area contributed by atoms with Crippen molar-refractivity contribution in [3.8, 4) is 11.4 Å². The van der Waals surface area contributed by atoms with Gasteiger partial charge in [0.1, 0.15) is 0 Å². The van der Waals surface area contributed by atoms with Gasteiger partial charge in [0, 0.05) is 23.9 Å². The van der Waals surface area contributed by atoms with Gasteiger partial charge in [-0.15, -0.1) is 5.10 Å². The summed E-state index contributed by atoms with van der Waals surface area (Å²) in [7, 11) is 0. The standard InChI is InChI=1S/C19H19N5O2S/c1-12-3-5-14(6-4-12)18-22-19(24-23-18)27-11-17(26)21-16-9-7-15(8-10-16)20-13(2)25/h3-10H,11H2,1-2H3,(H,20,25)(H,21,26)(H,22,23,24). The van der Waals surface area contributed by atoms with E-state index in [1.807, 2.05) is 31.2 Å². The number of nitrogens with zero attached hydrogens (tertiary/aromatic N) is 2. The van der Waals surface area contributed by atoms with Crippen LogP contribution < -0.4 is 10.6 Å². The molecule has 0 spiro atoms. The highest BCUT2D eigenvalue weighted by molar-refractivity contribution is 7.99. The lowest BCUT2D eigenvalue weighted by molar-refractivity contribution is -0.114. The van der Waals surface area contributed by atoms with E-state index in [-0.39, 0.29) is 17.6 Å². The lowest BCUT2D eigenvalue weighted by Crippen LogP contribution is -2.14. The van der Waals surface area contributed by atoms with Crippen LogP contribution in [0.2, 0.25) is 0 Å². The van der Waals surface area contributed by atoms with Crippen molar-refractivity contribution in [2.24, 2.45) is 0 Å². The summed E-state index contributed by atoms with van der Waals surface area (Å²) >= 11 is 1.26. The van der Waals surface area contributed by atoms with Crippen molar-refractivity contribution >= 4 is 35.0 Å². The van der Waals surface area contributed by atoms with Gasteiger partial charge in [0.2, 0.25) is 17.0 Å². The number of thioether (sulfide) groups is 1. The molecule has 7 nitrogen and oxygen atoms in total. The number of carbonyl (C=O) groups is 2. The van der Waals surface area contributed by atoms with Gasteiger partial charge in [-0.3, -0.25) is 14.7 Å². The van der Waals surface area contributed by atoms with Crippen molar-refractivity contribution in [2.45, 2.75) is 19.0 Å². The zero-order chi connectivity index (χ0) is 19.2. The second kappa shape index (κ2) is 8.50. The molecular weight excluding hydrogens is 362 g/mol. The Morgan fingerprint density at radius 2 is 1.63 bits per heavy atom. The molecule has 0 aliphatic rings. The van der Waals surface area contributed by atoms with Gasteiger partial charge in [0.15, 0.2) is 5.82 Å². The number of hydrogen-bond donors (Lipinski definition) is 3. The van der Waals surface area contributed by atoms with Crippen molar-refractivity contribution in [2.75, 3.05) is 16.4 Å². The summed E-state index contributed by atoms with van der Waals surface area (Å²) in [5, 5.41) is 13.0. The average Bonchev–Trinajstić information content (AvgIpc) is 3.11. The molecule has 0 atom stereocenters. The van der Waals surface area contributed by atoms with Crippen molar-refractivity contribution < 1.29 is 9.59 Å². The minimum atomic E-state index is -0.158. The van der Waals surface area contributed by atoms with Gasteiger partial charge in [0.05, 0.1) is 5.75 Å². The third-order valence-electron chi connectivity index (χ3n) is 3.61. The maximum Gasteiger partial charge on any atom is 0.234 e. The largest absolute Gasteiger partial charge is 0.326 e. The predicted molar refractivity (Wildman–Crippen MR) is 107 cm³/mol. The second-order valence-corrected chi connectivity index (χ2v) is 6.87. The van der Waals surface area contributed by atoms with E-state index >= 15 is 0 Å². The van der Waals surface area contributed by atoms with E-state index in [1.54, 1.807) is 24.3 Å². The van der Waals surface area contributed by atoms with Crippen LogP contribution in [0.3, 0.4) is 0 Å². The van der Waals surface area contributed by atoms with Gasteiger partial charge in [-0.2, -0.15) is 0 Å². The first-order valence-corrected chi connectivity index (χ1v) is 9.28. The highest BCUT2D eigenvalue weighted by Gasteiger charge is 2.09. The molecule has 8 heteroatoms. The normalized spacial score (nSPS) is 10.4. The van der Waals surface area contributed by atoms with Crippen molar-refractivity contribution in [1.82, 2.24) is 15.2 Å². The van der Waals surface area contributed by atoms with Crippen LogP contribution in [0.4, 0.5) is 11.4 Å². The molecule has 1 aromatic heterocycles. The van der Waals surface area contributed by atoms with Gasteiger partial charge < -0.3 is 10.6 Å². The monoisotopic (exact) mass is 381 g/mol. The van der Waals surface area contributed by atoms with E-state index in [4.69, 9.17) is 0 Å². The van der Waals surface area contributed by atoms with Crippen molar-refractivity contribution in [1.29, 1.82) is 0 Å². The summed E-state index contributed by atoms with van der Waals surface area (Å²) < 4.78 is 0. The van der Waals surface area contributed by atoms with Crippen LogP contribution in [0.15, 0.2) is 53.7 Å². The number of anilines is 2. The SMILES string of the molecule is CC(=O)Nc1ccc(NC(=O)CSc2n[nH]c(-c3ccc(C)cc3)n2)cc1. The van der Waals surface area contributed by atoms with Gasteiger partial charge in [-0.1, -0.05) is 41.6 Å². The molecule has 0 saturated carbocycles. The average molecular weight is 381 g/mol. The minimum absolute atomic E-state index is 0.139. The summed E-state index contributed by atoms with van der Waals surface area (Å²) in [5.74, 6) is 0.568. The maximum atomic E-state index is 12.1. The topological polar surface area (TPSA) is 99.8 Å². The molecule has 0 bridgehead atoms. The van der Waals surface area contributed by atoms with Gasteiger partial charge in [-0.25, -0.2) is 4.98 Å². The number of rotatable bonds is 6. The smallest absolute Gasteiger partial charge is 0.234 e. The second-order valence-electron chi connectivity index (χ2n) is 5.93. The highest BCUT2D eigenvalue weighted by atomic mass is 32.2. The van der Waals surface area contributed by atoms with Crippen molar-refractivity contribution in [3.63, 3.8) is 0 Å². The summed E-state index contributed by atoms with van der Waals surface area (Å²) in [5.41, 5.74) is 3.46. The molecule has 0 saturated heterocycles.